The largest absolute Gasteiger partial charge is 0.495 e. The molecule has 10 heteroatoms. The molecule has 8 nitrogen and oxygen atoms in total. The molecule has 1 aromatic carbocycles. The lowest BCUT2D eigenvalue weighted by molar-refractivity contribution is -0.113. The maximum absolute atomic E-state index is 12.4. The number of amides is 1. The van der Waals surface area contributed by atoms with Gasteiger partial charge in [0.15, 0.2) is 10.3 Å². The molecule has 2 heterocycles. The van der Waals surface area contributed by atoms with Crippen LogP contribution in [0.25, 0.3) is 0 Å². The van der Waals surface area contributed by atoms with Gasteiger partial charge in [0.1, 0.15) is 11.6 Å². The lowest BCUT2D eigenvalue weighted by atomic mass is 10.3. The van der Waals surface area contributed by atoms with E-state index in [1.807, 2.05) is 36.6 Å². The topological polar surface area (TPSA) is 94.8 Å². The van der Waals surface area contributed by atoms with Gasteiger partial charge < -0.3 is 14.6 Å². The van der Waals surface area contributed by atoms with Crippen molar-refractivity contribution in [3.63, 3.8) is 0 Å². The third-order valence-electron chi connectivity index (χ3n) is 4.11. The van der Waals surface area contributed by atoms with Crippen molar-refractivity contribution in [3.8, 4) is 5.75 Å². The molecule has 31 heavy (non-hydrogen) atoms. The molecule has 0 aliphatic rings. The number of para-hydroxylation sites is 2. The van der Waals surface area contributed by atoms with Crippen LogP contribution in [-0.4, -0.2) is 43.5 Å². The Balaban J connectivity index is 1.64. The first-order chi connectivity index (χ1) is 15.0. The Labute approximate surface area is 189 Å². The van der Waals surface area contributed by atoms with Gasteiger partial charge in [-0.3, -0.25) is 4.79 Å². The Morgan fingerprint density at radius 2 is 1.94 bits per heavy atom. The van der Waals surface area contributed by atoms with E-state index in [9.17, 15) is 4.79 Å². The zero-order chi connectivity index (χ0) is 22.2. The molecule has 0 atom stereocenters. The highest BCUT2D eigenvalue weighted by atomic mass is 32.2. The zero-order valence-electron chi connectivity index (χ0n) is 17.7. The van der Waals surface area contributed by atoms with Gasteiger partial charge in [-0.15, -0.1) is 16.8 Å². The number of hydrogen-bond acceptors (Lipinski definition) is 8. The Bertz CT molecular complexity index is 1050. The number of ether oxygens (including phenoxy) is 1. The molecule has 0 saturated carbocycles. The van der Waals surface area contributed by atoms with Crippen LogP contribution in [-0.2, 0) is 17.1 Å². The number of allylic oxidation sites excluding steroid dienone is 1. The van der Waals surface area contributed by atoms with E-state index in [0.717, 1.165) is 17.2 Å². The van der Waals surface area contributed by atoms with Crippen LogP contribution in [0.1, 0.15) is 17.2 Å². The highest BCUT2D eigenvalue weighted by molar-refractivity contribution is 7.99. The Morgan fingerprint density at radius 3 is 2.65 bits per heavy atom. The first kappa shape index (κ1) is 22.8. The highest BCUT2D eigenvalue weighted by Gasteiger charge is 2.15. The smallest absolute Gasteiger partial charge is 0.234 e. The van der Waals surface area contributed by atoms with Crippen molar-refractivity contribution in [3.05, 3.63) is 60.2 Å². The van der Waals surface area contributed by atoms with Gasteiger partial charge in [0, 0.05) is 17.9 Å². The van der Waals surface area contributed by atoms with Crippen molar-refractivity contribution in [1.29, 1.82) is 0 Å². The van der Waals surface area contributed by atoms with Gasteiger partial charge in [-0.05, 0) is 32.0 Å². The molecule has 162 valence electrons. The number of thioether (sulfide) groups is 2. The predicted octanol–water partition coefficient (Wildman–Crippen LogP) is 3.90. The van der Waals surface area contributed by atoms with Gasteiger partial charge in [-0.1, -0.05) is 41.7 Å². The van der Waals surface area contributed by atoms with Crippen LogP contribution >= 0.6 is 23.5 Å². The maximum Gasteiger partial charge on any atom is 0.234 e. The Morgan fingerprint density at radius 1 is 1.19 bits per heavy atom. The second-order valence-electron chi connectivity index (χ2n) is 6.56. The van der Waals surface area contributed by atoms with Crippen molar-refractivity contribution in [2.45, 2.75) is 36.5 Å². The number of aryl methyl sites for hydroxylation is 2. The highest BCUT2D eigenvalue weighted by Crippen LogP contribution is 2.25. The first-order valence-electron chi connectivity index (χ1n) is 9.54. The molecule has 0 spiro atoms. The number of methoxy groups -OCH3 is 1. The molecule has 0 saturated heterocycles. The van der Waals surface area contributed by atoms with E-state index < -0.39 is 0 Å². The lowest BCUT2D eigenvalue weighted by Crippen LogP contribution is -2.15. The van der Waals surface area contributed by atoms with Gasteiger partial charge in [-0.25, -0.2) is 9.97 Å². The molecule has 1 N–H and O–H groups in total. The summed E-state index contributed by atoms with van der Waals surface area (Å²) < 4.78 is 7.22. The van der Waals surface area contributed by atoms with Crippen molar-refractivity contribution in [2.75, 3.05) is 18.2 Å². The van der Waals surface area contributed by atoms with E-state index in [1.165, 1.54) is 23.5 Å². The van der Waals surface area contributed by atoms with Crippen LogP contribution in [0.2, 0.25) is 0 Å². The summed E-state index contributed by atoms with van der Waals surface area (Å²) in [5.74, 6) is 2.00. The number of nitrogens with zero attached hydrogens (tertiary/aromatic N) is 5. The van der Waals surface area contributed by atoms with Crippen molar-refractivity contribution < 1.29 is 9.53 Å². The number of benzene rings is 1. The normalized spacial score (nSPS) is 10.7. The van der Waals surface area contributed by atoms with E-state index in [4.69, 9.17) is 4.74 Å². The first-order valence-corrected chi connectivity index (χ1v) is 11.5. The lowest BCUT2D eigenvalue weighted by Gasteiger charge is -2.10. The minimum Gasteiger partial charge on any atom is -0.495 e. The summed E-state index contributed by atoms with van der Waals surface area (Å²) >= 11 is 2.83. The summed E-state index contributed by atoms with van der Waals surface area (Å²) in [6, 6.07) is 9.23. The third kappa shape index (κ3) is 6.31. The van der Waals surface area contributed by atoms with Crippen molar-refractivity contribution in [2.24, 2.45) is 0 Å². The Hall–Kier alpha value is -2.85. The molecule has 2 aromatic heterocycles. The standard InChI is InChI=1S/C21H24N6O2S2/c1-5-10-27-18(12-30-20-22-14(2)11-15(3)23-20)25-26-21(27)31-13-19(28)24-16-8-6-7-9-17(16)29-4/h5-9,11H,1,10,12-13H2,2-4H3,(H,24,28). The number of nitrogens with one attached hydrogen (secondary N) is 1. The molecule has 0 aliphatic carbocycles. The zero-order valence-corrected chi connectivity index (χ0v) is 19.3. The third-order valence-corrected chi connectivity index (χ3v) is 5.92. The quantitative estimate of drug-likeness (QED) is 0.279. The number of rotatable bonds is 10. The van der Waals surface area contributed by atoms with Crippen molar-refractivity contribution >= 4 is 35.1 Å². The van der Waals surface area contributed by atoms with E-state index in [1.54, 1.807) is 25.3 Å². The molecular formula is C21H24N6O2S2. The molecule has 0 fully saturated rings. The molecule has 0 bridgehead atoms. The molecule has 0 unspecified atom stereocenters. The summed E-state index contributed by atoms with van der Waals surface area (Å²) in [6.45, 7) is 8.26. The number of aromatic nitrogens is 5. The molecule has 3 rings (SSSR count). The van der Waals surface area contributed by atoms with Crippen molar-refractivity contribution in [1.82, 2.24) is 24.7 Å². The number of carbonyl (C=O) groups is 1. The molecule has 3 aromatic rings. The van der Waals surface area contributed by atoms with Gasteiger partial charge in [0.2, 0.25) is 5.91 Å². The molecular weight excluding hydrogens is 432 g/mol. The van der Waals surface area contributed by atoms with E-state index in [-0.39, 0.29) is 11.7 Å². The summed E-state index contributed by atoms with van der Waals surface area (Å²) in [7, 11) is 1.57. The summed E-state index contributed by atoms with van der Waals surface area (Å²) in [4.78, 5) is 21.3. The second-order valence-corrected chi connectivity index (χ2v) is 8.44. The van der Waals surface area contributed by atoms with E-state index in [0.29, 0.717) is 34.0 Å². The summed E-state index contributed by atoms with van der Waals surface area (Å²) in [5, 5.41) is 12.8. The fraction of sp³-hybridized carbons (Fsp3) is 0.286. The monoisotopic (exact) mass is 456 g/mol. The number of carbonyl (C=O) groups excluding carboxylic acids is 1. The van der Waals surface area contributed by atoms with Gasteiger partial charge >= 0.3 is 0 Å². The van der Waals surface area contributed by atoms with Gasteiger partial charge in [0.25, 0.3) is 0 Å². The number of anilines is 1. The predicted molar refractivity (Wildman–Crippen MR) is 124 cm³/mol. The maximum atomic E-state index is 12.4. The van der Waals surface area contributed by atoms with Crippen LogP contribution in [0.5, 0.6) is 5.75 Å². The molecule has 1 amide bonds. The van der Waals surface area contributed by atoms with Crippen LogP contribution in [0, 0.1) is 13.8 Å². The van der Waals surface area contributed by atoms with Gasteiger partial charge in [-0.2, -0.15) is 0 Å². The SMILES string of the molecule is C=CCn1c(CSc2nc(C)cc(C)n2)nnc1SCC(=O)Nc1ccccc1OC. The van der Waals surface area contributed by atoms with E-state index in [2.05, 4.69) is 32.1 Å². The van der Waals surface area contributed by atoms with Gasteiger partial charge in [0.05, 0.1) is 24.3 Å². The average Bonchev–Trinajstić information content (AvgIpc) is 3.12. The Kier molecular flexibility index (Phi) is 8.07. The minimum atomic E-state index is -0.151. The summed E-state index contributed by atoms with van der Waals surface area (Å²) in [5.41, 5.74) is 2.49. The molecule has 0 aliphatic heterocycles. The number of hydrogen-bond donors (Lipinski definition) is 1. The van der Waals surface area contributed by atoms with Crippen LogP contribution in [0.15, 0.2) is 53.3 Å². The minimum absolute atomic E-state index is 0.151. The van der Waals surface area contributed by atoms with E-state index >= 15 is 0 Å². The fourth-order valence-corrected chi connectivity index (χ4v) is 4.45. The van der Waals surface area contributed by atoms with Crippen LogP contribution < -0.4 is 10.1 Å². The fourth-order valence-electron chi connectivity index (χ4n) is 2.80. The summed E-state index contributed by atoms with van der Waals surface area (Å²) in [6.07, 6.45) is 1.78. The van der Waals surface area contributed by atoms with Crippen LogP contribution in [0.4, 0.5) is 5.69 Å². The molecule has 0 radical (unpaired) electrons. The second kappa shape index (κ2) is 11.0. The van der Waals surface area contributed by atoms with Crippen LogP contribution in [0.3, 0.4) is 0 Å². The average molecular weight is 457 g/mol.